The van der Waals surface area contributed by atoms with Gasteiger partial charge in [0.25, 0.3) is 5.91 Å². The van der Waals surface area contributed by atoms with Crippen LogP contribution in [0.15, 0.2) is 22.7 Å². The van der Waals surface area contributed by atoms with Gasteiger partial charge < -0.3 is 14.8 Å². The Morgan fingerprint density at radius 1 is 1.44 bits per heavy atom. The second-order valence-corrected chi connectivity index (χ2v) is 3.96. The number of amides is 1. The van der Waals surface area contributed by atoms with Gasteiger partial charge in [-0.15, -0.1) is 13.2 Å². The summed E-state index contributed by atoms with van der Waals surface area (Å²) in [4.78, 5) is 10.9. The predicted molar refractivity (Wildman–Crippen MR) is 60.4 cm³/mol. The molecular formula is C10H9BrF3NO3. The normalized spacial score (nSPS) is 10.9. The summed E-state index contributed by atoms with van der Waals surface area (Å²) in [5.41, 5.74) is 0. The van der Waals surface area contributed by atoms with Gasteiger partial charge in [-0.2, -0.15) is 0 Å². The molecule has 1 amide bonds. The number of carbonyl (C=O) groups is 1. The molecule has 0 unspecified atom stereocenters. The van der Waals surface area contributed by atoms with Crippen molar-refractivity contribution in [3.8, 4) is 11.5 Å². The summed E-state index contributed by atoms with van der Waals surface area (Å²) in [6.07, 6.45) is -4.76. The first-order valence-corrected chi connectivity index (χ1v) is 5.50. The monoisotopic (exact) mass is 327 g/mol. The Morgan fingerprint density at radius 2 is 2.11 bits per heavy atom. The van der Waals surface area contributed by atoms with Gasteiger partial charge in [0.15, 0.2) is 6.61 Å². The fourth-order valence-electron chi connectivity index (χ4n) is 1.000. The fourth-order valence-corrected chi connectivity index (χ4v) is 1.44. The van der Waals surface area contributed by atoms with Crippen molar-refractivity contribution in [2.45, 2.75) is 6.36 Å². The van der Waals surface area contributed by atoms with E-state index in [4.69, 9.17) is 4.74 Å². The first-order valence-electron chi connectivity index (χ1n) is 4.70. The molecule has 18 heavy (non-hydrogen) atoms. The molecule has 0 fully saturated rings. The van der Waals surface area contributed by atoms with E-state index in [1.807, 2.05) is 0 Å². The quantitative estimate of drug-likeness (QED) is 0.924. The first kappa shape index (κ1) is 14.6. The summed E-state index contributed by atoms with van der Waals surface area (Å²) in [6, 6.07) is 3.65. The molecule has 0 atom stereocenters. The van der Waals surface area contributed by atoms with Crippen LogP contribution in [0.1, 0.15) is 0 Å². The van der Waals surface area contributed by atoms with Crippen LogP contribution in [0.3, 0.4) is 0 Å². The Labute approximate surface area is 109 Å². The van der Waals surface area contributed by atoms with Crippen molar-refractivity contribution in [3.05, 3.63) is 22.7 Å². The molecule has 0 aromatic heterocycles. The van der Waals surface area contributed by atoms with Gasteiger partial charge in [0.05, 0.1) is 4.47 Å². The molecule has 0 saturated heterocycles. The Bertz CT molecular complexity index is 437. The number of halogens is 4. The van der Waals surface area contributed by atoms with Crippen LogP contribution in [-0.2, 0) is 4.79 Å². The highest BCUT2D eigenvalue weighted by Gasteiger charge is 2.31. The summed E-state index contributed by atoms with van der Waals surface area (Å²) in [5.74, 6) is -0.475. The van der Waals surface area contributed by atoms with Gasteiger partial charge in [-0.25, -0.2) is 0 Å². The minimum absolute atomic E-state index is 0.0780. The van der Waals surface area contributed by atoms with Crippen LogP contribution in [0.25, 0.3) is 0 Å². The summed E-state index contributed by atoms with van der Waals surface area (Å²) in [5, 5.41) is 2.34. The molecule has 0 radical (unpaired) electrons. The van der Waals surface area contributed by atoms with Crippen LogP contribution in [0, 0.1) is 0 Å². The predicted octanol–water partition coefficient (Wildman–Crippen LogP) is 2.47. The van der Waals surface area contributed by atoms with Gasteiger partial charge in [0.2, 0.25) is 0 Å². The maximum atomic E-state index is 12.0. The summed E-state index contributed by atoms with van der Waals surface area (Å²) < 4.78 is 44.9. The van der Waals surface area contributed by atoms with Gasteiger partial charge in [0.1, 0.15) is 11.5 Å². The first-order chi connectivity index (χ1) is 8.31. The Morgan fingerprint density at radius 3 is 2.61 bits per heavy atom. The third-order valence-electron chi connectivity index (χ3n) is 1.78. The standard InChI is InChI=1S/C10H9BrF3NO3/c1-15-9(16)5-17-6-2-3-8(7(11)4-6)18-10(12,13)14/h2-4H,5H2,1H3,(H,15,16). The van der Waals surface area contributed by atoms with Crippen LogP contribution in [-0.4, -0.2) is 25.9 Å². The molecule has 0 spiro atoms. The van der Waals surface area contributed by atoms with Gasteiger partial charge >= 0.3 is 6.36 Å². The molecule has 1 aromatic rings. The van der Waals surface area contributed by atoms with E-state index >= 15 is 0 Å². The van der Waals surface area contributed by atoms with Crippen molar-refractivity contribution >= 4 is 21.8 Å². The van der Waals surface area contributed by atoms with E-state index in [1.54, 1.807) is 0 Å². The van der Waals surface area contributed by atoms with E-state index in [-0.39, 0.29) is 28.5 Å². The largest absolute Gasteiger partial charge is 0.573 e. The Balaban J connectivity index is 2.70. The number of hydrogen-bond acceptors (Lipinski definition) is 3. The zero-order valence-electron chi connectivity index (χ0n) is 9.18. The third kappa shape index (κ3) is 4.82. The van der Waals surface area contributed by atoms with Crippen LogP contribution in [0.2, 0.25) is 0 Å². The molecule has 0 bridgehead atoms. The molecule has 1 aromatic carbocycles. The molecule has 0 heterocycles. The molecule has 0 saturated carbocycles. The number of rotatable bonds is 4. The van der Waals surface area contributed by atoms with E-state index in [2.05, 4.69) is 26.0 Å². The molecule has 1 rings (SSSR count). The lowest BCUT2D eigenvalue weighted by Crippen LogP contribution is -2.24. The lowest BCUT2D eigenvalue weighted by Gasteiger charge is -2.11. The highest BCUT2D eigenvalue weighted by molar-refractivity contribution is 9.10. The van der Waals surface area contributed by atoms with Gasteiger partial charge in [-0.3, -0.25) is 4.79 Å². The Kier molecular flexibility index (Phi) is 4.83. The summed E-state index contributed by atoms with van der Waals surface area (Å²) >= 11 is 2.92. The number of ether oxygens (including phenoxy) is 2. The maximum Gasteiger partial charge on any atom is 0.573 e. The number of carbonyl (C=O) groups excluding carboxylic acids is 1. The zero-order valence-corrected chi connectivity index (χ0v) is 10.8. The molecule has 100 valence electrons. The van der Waals surface area contributed by atoms with E-state index in [1.165, 1.54) is 19.2 Å². The van der Waals surface area contributed by atoms with Crippen molar-refractivity contribution in [1.29, 1.82) is 0 Å². The summed E-state index contributed by atoms with van der Waals surface area (Å²) in [6.45, 7) is -0.220. The SMILES string of the molecule is CNC(=O)COc1ccc(OC(F)(F)F)c(Br)c1. The molecule has 0 aliphatic heterocycles. The highest BCUT2D eigenvalue weighted by atomic mass is 79.9. The van der Waals surface area contributed by atoms with E-state index in [0.717, 1.165) is 6.07 Å². The lowest BCUT2D eigenvalue weighted by atomic mass is 10.3. The summed E-state index contributed by atoms with van der Waals surface area (Å²) in [7, 11) is 1.45. The number of likely N-dealkylation sites (N-methyl/N-ethyl adjacent to an activating group) is 1. The minimum Gasteiger partial charge on any atom is -0.484 e. The van der Waals surface area contributed by atoms with E-state index in [0.29, 0.717) is 0 Å². The second-order valence-electron chi connectivity index (χ2n) is 3.10. The van der Waals surface area contributed by atoms with Crippen molar-refractivity contribution < 1.29 is 27.4 Å². The van der Waals surface area contributed by atoms with Crippen LogP contribution in [0.4, 0.5) is 13.2 Å². The smallest absolute Gasteiger partial charge is 0.484 e. The second kappa shape index (κ2) is 5.94. The minimum atomic E-state index is -4.76. The van der Waals surface area contributed by atoms with Crippen LogP contribution in [0.5, 0.6) is 11.5 Å². The average Bonchev–Trinajstić information content (AvgIpc) is 2.27. The fraction of sp³-hybridized carbons (Fsp3) is 0.300. The third-order valence-corrected chi connectivity index (χ3v) is 2.40. The average molecular weight is 328 g/mol. The molecule has 0 aliphatic carbocycles. The van der Waals surface area contributed by atoms with Crippen LogP contribution < -0.4 is 14.8 Å². The van der Waals surface area contributed by atoms with Gasteiger partial charge in [-0.1, -0.05) is 0 Å². The lowest BCUT2D eigenvalue weighted by molar-refractivity contribution is -0.274. The van der Waals surface area contributed by atoms with Crippen molar-refractivity contribution in [2.75, 3.05) is 13.7 Å². The Hall–Kier alpha value is -1.44. The molecular weight excluding hydrogens is 319 g/mol. The van der Waals surface area contributed by atoms with Crippen molar-refractivity contribution in [3.63, 3.8) is 0 Å². The zero-order chi connectivity index (χ0) is 13.8. The van der Waals surface area contributed by atoms with Crippen LogP contribution >= 0.6 is 15.9 Å². The van der Waals surface area contributed by atoms with Gasteiger partial charge in [-0.05, 0) is 34.1 Å². The number of benzene rings is 1. The van der Waals surface area contributed by atoms with Gasteiger partial charge in [0, 0.05) is 7.05 Å². The topological polar surface area (TPSA) is 47.6 Å². The molecule has 8 heteroatoms. The number of alkyl halides is 3. The van der Waals surface area contributed by atoms with E-state index < -0.39 is 6.36 Å². The maximum absolute atomic E-state index is 12.0. The number of nitrogens with one attached hydrogen (secondary N) is 1. The molecule has 1 N–H and O–H groups in total. The molecule has 4 nitrogen and oxygen atoms in total. The van der Waals surface area contributed by atoms with E-state index in [9.17, 15) is 18.0 Å². The van der Waals surface area contributed by atoms with Crippen molar-refractivity contribution in [2.24, 2.45) is 0 Å². The molecule has 0 aliphatic rings. The van der Waals surface area contributed by atoms with Crippen molar-refractivity contribution in [1.82, 2.24) is 5.32 Å². The number of hydrogen-bond donors (Lipinski definition) is 1. The highest BCUT2D eigenvalue weighted by Crippen LogP contribution is 2.33.